The fourth-order valence-electron chi connectivity index (χ4n) is 1.85. The molecular weight excluding hydrogens is 172 g/mol. The zero-order valence-electron chi connectivity index (χ0n) is 8.37. The molecule has 1 aliphatic heterocycles. The Bertz CT molecular complexity index is 314. The first-order chi connectivity index (χ1) is 6.92. The molecule has 0 radical (unpaired) electrons. The van der Waals surface area contributed by atoms with Crippen LogP contribution in [0.3, 0.4) is 0 Å². The zero-order chi connectivity index (χ0) is 9.80. The van der Waals surface area contributed by atoms with Gasteiger partial charge in [-0.1, -0.05) is 30.9 Å². The maximum absolute atomic E-state index is 3.84. The lowest BCUT2D eigenvalue weighted by atomic mass is 10.1. The van der Waals surface area contributed by atoms with Gasteiger partial charge < -0.3 is 10.2 Å². The molecule has 0 unspecified atom stereocenters. The number of rotatable bonds is 2. The van der Waals surface area contributed by atoms with Gasteiger partial charge in [-0.3, -0.25) is 0 Å². The Balaban J connectivity index is 2.24. The summed E-state index contributed by atoms with van der Waals surface area (Å²) in [5.74, 6) is 0. The smallest absolute Gasteiger partial charge is 0.0440 e. The Kier molecular flexibility index (Phi) is 2.84. The first-order valence-corrected chi connectivity index (χ1v) is 5.09. The van der Waals surface area contributed by atoms with Crippen molar-refractivity contribution in [3.63, 3.8) is 0 Å². The van der Waals surface area contributed by atoms with E-state index in [-0.39, 0.29) is 0 Å². The third-order valence-electron chi connectivity index (χ3n) is 2.61. The Morgan fingerprint density at radius 1 is 1.21 bits per heavy atom. The number of benzene rings is 1. The van der Waals surface area contributed by atoms with Gasteiger partial charge in [-0.2, -0.15) is 0 Å². The SMILES string of the molecule is C=Cc1ccccc1N1CCNCC1. The molecule has 0 aliphatic carbocycles. The average molecular weight is 188 g/mol. The van der Waals surface area contributed by atoms with Gasteiger partial charge in [0.15, 0.2) is 0 Å². The van der Waals surface area contributed by atoms with Crippen LogP contribution in [-0.4, -0.2) is 26.2 Å². The Morgan fingerprint density at radius 2 is 1.93 bits per heavy atom. The van der Waals surface area contributed by atoms with E-state index < -0.39 is 0 Å². The summed E-state index contributed by atoms with van der Waals surface area (Å²) >= 11 is 0. The van der Waals surface area contributed by atoms with E-state index in [0.29, 0.717) is 0 Å². The minimum atomic E-state index is 1.07. The molecule has 0 saturated carbocycles. The van der Waals surface area contributed by atoms with E-state index in [2.05, 4.69) is 41.1 Å². The van der Waals surface area contributed by atoms with Crippen LogP contribution in [0.15, 0.2) is 30.8 Å². The molecule has 2 nitrogen and oxygen atoms in total. The summed E-state index contributed by atoms with van der Waals surface area (Å²) in [6, 6.07) is 8.43. The van der Waals surface area contributed by atoms with Crippen LogP contribution < -0.4 is 10.2 Å². The lowest BCUT2D eigenvalue weighted by Gasteiger charge is -2.30. The van der Waals surface area contributed by atoms with E-state index in [1.54, 1.807) is 0 Å². The second kappa shape index (κ2) is 4.29. The zero-order valence-corrected chi connectivity index (χ0v) is 8.37. The fraction of sp³-hybridized carbons (Fsp3) is 0.333. The summed E-state index contributed by atoms with van der Waals surface area (Å²) in [6.07, 6.45) is 1.93. The molecule has 1 N–H and O–H groups in total. The highest BCUT2D eigenvalue weighted by molar-refractivity contribution is 5.66. The number of hydrogen-bond acceptors (Lipinski definition) is 2. The van der Waals surface area contributed by atoms with Crippen LogP contribution in [0.2, 0.25) is 0 Å². The van der Waals surface area contributed by atoms with Gasteiger partial charge in [0.2, 0.25) is 0 Å². The lowest BCUT2D eigenvalue weighted by Crippen LogP contribution is -2.43. The van der Waals surface area contributed by atoms with Crippen molar-refractivity contribution in [2.24, 2.45) is 0 Å². The van der Waals surface area contributed by atoms with E-state index in [0.717, 1.165) is 26.2 Å². The van der Waals surface area contributed by atoms with Crippen LogP contribution in [-0.2, 0) is 0 Å². The molecule has 2 heteroatoms. The van der Waals surface area contributed by atoms with E-state index >= 15 is 0 Å². The number of hydrogen-bond donors (Lipinski definition) is 1. The summed E-state index contributed by atoms with van der Waals surface area (Å²) in [6.45, 7) is 8.17. The van der Waals surface area contributed by atoms with Gasteiger partial charge in [-0.15, -0.1) is 0 Å². The van der Waals surface area contributed by atoms with Crippen LogP contribution >= 0.6 is 0 Å². The van der Waals surface area contributed by atoms with Crippen molar-refractivity contribution < 1.29 is 0 Å². The number of nitrogens with one attached hydrogen (secondary N) is 1. The topological polar surface area (TPSA) is 15.3 Å². The third kappa shape index (κ3) is 1.80. The summed E-state index contributed by atoms with van der Waals surface area (Å²) in [5, 5.41) is 3.35. The van der Waals surface area contributed by atoms with Gasteiger partial charge in [0.1, 0.15) is 0 Å². The number of nitrogens with zero attached hydrogens (tertiary/aromatic N) is 1. The van der Waals surface area contributed by atoms with Crippen molar-refractivity contribution in [1.82, 2.24) is 5.32 Å². The van der Waals surface area contributed by atoms with E-state index in [9.17, 15) is 0 Å². The Hall–Kier alpha value is -1.28. The normalized spacial score (nSPS) is 16.7. The van der Waals surface area contributed by atoms with Crippen LogP contribution in [0.1, 0.15) is 5.56 Å². The molecule has 1 fully saturated rings. The summed E-state index contributed by atoms with van der Waals surface area (Å²) in [5.41, 5.74) is 2.54. The highest BCUT2D eigenvalue weighted by atomic mass is 15.2. The molecule has 1 aromatic rings. The Morgan fingerprint density at radius 3 is 2.64 bits per heavy atom. The summed E-state index contributed by atoms with van der Waals surface area (Å²) in [4.78, 5) is 2.41. The highest BCUT2D eigenvalue weighted by Gasteiger charge is 2.11. The van der Waals surface area contributed by atoms with E-state index in [1.165, 1.54) is 11.3 Å². The Labute approximate surface area is 85.2 Å². The first kappa shape index (κ1) is 9.28. The van der Waals surface area contributed by atoms with Crippen LogP contribution in [0.5, 0.6) is 0 Å². The van der Waals surface area contributed by atoms with Gasteiger partial charge in [-0.25, -0.2) is 0 Å². The lowest BCUT2D eigenvalue weighted by molar-refractivity contribution is 0.589. The number of anilines is 1. The predicted molar refractivity (Wildman–Crippen MR) is 61.6 cm³/mol. The standard InChI is InChI=1S/C12H16N2/c1-2-11-5-3-4-6-12(11)14-9-7-13-8-10-14/h2-6,13H,1,7-10H2. The van der Waals surface area contributed by atoms with E-state index in [1.807, 2.05) is 6.08 Å². The third-order valence-corrected chi connectivity index (χ3v) is 2.61. The molecule has 0 spiro atoms. The van der Waals surface area contributed by atoms with Gasteiger partial charge in [-0.05, 0) is 11.6 Å². The molecule has 0 amide bonds. The molecule has 74 valence electrons. The van der Waals surface area contributed by atoms with Crippen LogP contribution in [0, 0.1) is 0 Å². The minimum absolute atomic E-state index is 1.07. The quantitative estimate of drug-likeness (QED) is 0.760. The molecule has 1 saturated heterocycles. The fourth-order valence-corrected chi connectivity index (χ4v) is 1.85. The first-order valence-electron chi connectivity index (χ1n) is 5.09. The van der Waals surface area contributed by atoms with Gasteiger partial charge in [0, 0.05) is 31.9 Å². The highest BCUT2D eigenvalue weighted by Crippen LogP contribution is 2.21. The van der Waals surface area contributed by atoms with Crippen molar-refractivity contribution >= 4 is 11.8 Å². The molecule has 1 heterocycles. The van der Waals surface area contributed by atoms with Crippen molar-refractivity contribution in [1.29, 1.82) is 0 Å². The number of piperazine rings is 1. The summed E-state index contributed by atoms with van der Waals surface area (Å²) < 4.78 is 0. The molecule has 0 aromatic heterocycles. The van der Waals surface area contributed by atoms with Gasteiger partial charge in [0.05, 0.1) is 0 Å². The van der Waals surface area contributed by atoms with Crippen LogP contribution in [0.4, 0.5) is 5.69 Å². The largest absolute Gasteiger partial charge is 0.369 e. The second-order valence-electron chi connectivity index (χ2n) is 3.50. The molecule has 1 aliphatic rings. The van der Waals surface area contributed by atoms with Gasteiger partial charge >= 0.3 is 0 Å². The van der Waals surface area contributed by atoms with E-state index in [4.69, 9.17) is 0 Å². The number of para-hydroxylation sites is 1. The van der Waals surface area contributed by atoms with Crippen molar-refractivity contribution in [3.8, 4) is 0 Å². The monoisotopic (exact) mass is 188 g/mol. The average Bonchev–Trinajstić information content (AvgIpc) is 2.30. The molecule has 0 bridgehead atoms. The minimum Gasteiger partial charge on any atom is -0.369 e. The van der Waals surface area contributed by atoms with Crippen LogP contribution in [0.25, 0.3) is 6.08 Å². The van der Waals surface area contributed by atoms with Crippen molar-refractivity contribution in [3.05, 3.63) is 36.4 Å². The second-order valence-corrected chi connectivity index (χ2v) is 3.50. The maximum atomic E-state index is 3.84. The molecule has 14 heavy (non-hydrogen) atoms. The summed E-state index contributed by atoms with van der Waals surface area (Å²) in [7, 11) is 0. The van der Waals surface area contributed by atoms with Gasteiger partial charge in [0.25, 0.3) is 0 Å². The molecule has 2 rings (SSSR count). The van der Waals surface area contributed by atoms with Crippen molar-refractivity contribution in [2.75, 3.05) is 31.1 Å². The molecular formula is C12H16N2. The predicted octanol–water partition coefficient (Wildman–Crippen LogP) is 1.74. The molecule has 1 aromatic carbocycles. The molecule has 0 atom stereocenters. The van der Waals surface area contributed by atoms with Crippen molar-refractivity contribution in [2.45, 2.75) is 0 Å². The maximum Gasteiger partial charge on any atom is 0.0440 e.